The number of hydrogen-bond donors (Lipinski definition) is 0. The van der Waals surface area contributed by atoms with Gasteiger partial charge >= 0.3 is 6.18 Å². The lowest BCUT2D eigenvalue weighted by Gasteiger charge is -2.20. The Bertz CT molecular complexity index is 2540. The summed E-state index contributed by atoms with van der Waals surface area (Å²) in [7, 11) is 0. The Morgan fingerprint density at radius 1 is 0.521 bits per heavy atom. The van der Waals surface area contributed by atoms with Crippen LogP contribution in [0, 0.1) is 39.0 Å². The molecule has 2 heterocycles. The van der Waals surface area contributed by atoms with Crippen molar-refractivity contribution in [3.63, 3.8) is 0 Å². The molecule has 0 amide bonds. The zero-order valence-corrected chi connectivity index (χ0v) is 26.9. The molecule has 0 aliphatic heterocycles. The number of fused-ring (bicyclic) bond motifs is 6. The average molecular weight is 634 g/mol. The van der Waals surface area contributed by atoms with E-state index in [1.54, 1.807) is 6.07 Å². The van der Waals surface area contributed by atoms with Crippen LogP contribution >= 0.6 is 0 Å². The van der Waals surface area contributed by atoms with E-state index < -0.39 is 11.7 Å². The van der Waals surface area contributed by atoms with Crippen LogP contribution in [0.25, 0.3) is 66.1 Å². The monoisotopic (exact) mass is 633 g/mol. The molecule has 0 fully saturated rings. The Morgan fingerprint density at radius 2 is 0.958 bits per heavy atom. The summed E-state index contributed by atoms with van der Waals surface area (Å²) >= 11 is 0. The van der Waals surface area contributed by atoms with E-state index in [0.29, 0.717) is 28.1 Å². The molecule has 0 unspecified atom stereocenters. The second-order valence-electron chi connectivity index (χ2n) is 12.8. The van der Waals surface area contributed by atoms with Crippen LogP contribution in [-0.2, 0) is 6.18 Å². The van der Waals surface area contributed by atoms with E-state index in [0.717, 1.165) is 71.9 Å². The molecule has 0 aliphatic carbocycles. The zero-order chi connectivity index (χ0) is 33.5. The fourth-order valence-electron chi connectivity index (χ4n) is 7.13. The van der Waals surface area contributed by atoms with E-state index in [-0.39, 0.29) is 0 Å². The highest BCUT2D eigenvalue weighted by atomic mass is 19.4. The van der Waals surface area contributed by atoms with Crippen LogP contribution in [0.2, 0.25) is 0 Å². The lowest BCUT2D eigenvalue weighted by Crippen LogP contribution is -2.06. The minimum atomic E-state index is -4.52. The van der Waals surface area contributed by atoms with Gasteiger partial charge in [-0.2, -0.15) is 18.4 Å². The second kappa shape index (κ2) is 10.6. The molecule has 0 radical (unpaired) electrons. The molecule has 0 spiro atoms. The standard InChI is InChI=1S/C42H30F3N3/c1-24-8-12-31-32-13-9-25(2)17-38(32)47(37(31)16-24)36-22-35(28-6-5-7-30(20-28)42(43,44)45)41(21-29(36)23-46)48-39-18-26(3)10-14-33(39)34-15-11-27(4)19-40(34)48/h5-22H,1-4H3. The Balaban J connectivity index is 1.56. The van der Waals surface area contributed by atoms with Gasteiger partial charge in [0.25, 0.3) is 0 Å². The summed E-state index contributed by atoms with van der Waals surface area (Å²) in [4.78, 5) is 0. The van der Waals surface area contributed by atoms with Gasteiger partial charge in [-0.25, -0.2) is 0 Å². The van der Waals surface area contributed by atoms with E-state index >= 15 is 0 Å². The van der Waals surface area contributed by atoms with Crippen LogP contribution < -0.4 is 0 Å². The molecule has 0 bridgehead atoms. The van der Waals surface area contributed by atoms with Crippen molar-refractivity contribution in [1.29, 1.82) is 5.26 Å². The maximum absolute atomic E-state index is 14.2. The first-order valence-electron chi connectivity index (χ1n) is 15.8. The number of nitriles is 1. The quantitative estimate of drug-likeness (QED) is 0.191. The summed E-state index contributed by atoms with van der Waals surface area (Å²) in [5.41, 5.74) is 9.86. The molecule has 0 atom stereocenters. The Morgan fingerprint density at radius 3 is 1.38 bits per heavy atom. The first-order valence-corrected chi connectivity index (χ1v) is 15.8. The molecule has 8 rings (SSSR count). The molecule has 8 aromatic rings. The number of rotatable bonds is 3. The highest BCUT2D eigenvalue weighted by Crippen LogP contribution is 2.42. The number of halogens is 3. The first-order chi connectivity index (χ1) is 23.0. The van der Waals surface area contributed by atoms with Crippen LogP contribution in [0.3, 0.4) is 0 Å². The van der Waals surface area contributed by atoms with Crippen molar-refractivity contribution in [2.24, 2.45) is 0 Å². The number of alkyl halides is 3. The minimum absolute atomic E-state index is 0.411. The maximum atomic E-state index is 14.2. The molecule has 0 saturated carbocycles. The topological polar surface area (TPSA) is 33.6 Å². The van der Waals surface area contributed by atoms with Gasteiger partial charge in [0.15, 0.2) is 0 Å². The summed E-state index contributed by atoms with van der Waals surface area (Å²) in [5, 5.41) is 14.9. The first kappa shape index (κ1) is 29.6. The number of aromatic nitrogens is 2. The summed E-state index contributed by atoms with van der Waals surface area (Å²) in [5.74, 6) is 0. The highest BCUT2D eigenvalue weighted by molar-refractivity contribution is 6.11. The molecule has 3 nitrogen and oxygen atoms in total. The lowest BCUT2D eigenvalue weighted by atomic mass is 9.97. The Labute approximate surface area is 275 Å². The normalized spacial score (nSPS) is 12.0. The van der Waals surface area contributed by atoms with Gasteiger partial charge in [0.05, 0.1) is 44.6 Å². The van der Waals surface area contributed by atoms with Crippen LogP contribution in [0.1, 0.15) is 33.4 Å². The third-order valence-corrected chi connectivity index (χ3v) is 9.37. The number of nitrogens with zero attached hydrogens (tertiary/aromatic N) is 3. The van der Waals surface area contributed by atoms with Gasteiger partial charge in [0, 0.05) is 27.1 Å². The van der Waals surface area contributed by atoms with E-state index in [1.165, 1.54) is 12.1 Å². The largest absolute Gasteiger partial charge is 0.416 e. The van der Waals surface area contributed by atoms with Gasteiger partial charge in [0.1, 0.15) is 6.07 Å². The van der Waals surface area contributed by atoms with E-state index in [4.69, 9.17) is 0 Å². The molecule has 0 N–H and O–H groups in total. The van der Waals surface area contributed by atoms with Crippen LogP contribution in [0.15, 0.2) is 109 Å². The third-order valence-electron chi connectivity index (χ3n) is 9.37. The number of aryl methyl sites for hydroxylation is 4. The average Bonchev–Trinajstić information content (AvgIpc) is 3.54. The summed E-state index contributed by atoms with van der Waals surface area (Å²) in [6, 6.07) is 36.7. The summed E-state index contributed by atoms with van der Waals surface area (Å²) in [6.45, 7) is 8.11. The third kappa shape index (κ3) is 4.57. The van der Waals surface area contributed by atoms with Crippen LogP contribution in [0.5, 0.6) is 0 Å². The van der Waals surface area contributed by atoms with E-state index in [1.807, 2.05) is 39.8 Å². The lowest BCUT2D eigenvalue weighted by molar-refractivity contribution is -0.137. The molecule has 234 valence electrons. The molecule has 48 heavy (non-hydrogen) atoms. The fourth-order valence-corrected chi connectivity index (χ4v) is 7.13. The summed E-state index contributed by atoms with van der Waals surface area (Å²) in [6.07, 6.45) is -4.52. The van der Waals surface area contributed by atoms with Crippen molar-refractivity contribution < 1.29 is 13.2 Å². The number of hydrogen-bond acceptors (Lipinski definition) is 1. The predicted octanol–water partition coefficient (Wildman–Crippen LogP) is 11.7. The van der Waals surface area contributed by atoms with E-state index in [2.05, 4.69) is 88.0 Å². The predicted molar refractivity (Wildman–Crippen MR) is 189 cm³/mol. The van der Waals surface area contributed by atoms with Crippen molar-refractivity contribution in [3.8, 4) is 28.6 Å². The molecule has 0 saturated heterocycles. The highest BCUT2D eigenvalue weighted by Gasteiger charge is 2.31. The van der Waals surface area contributed by atoms with Gasteiger partial charge in [-0.05, 0) is 104 Å². The molecule has 0 aliphatic rings. The van der Waals surface area contributed by atoms with Gasteiger partial charge in [-0.15, -0.1) is 0 Å². The van der Waals surface area contributed by atoms with Crippen molar-refractivity contribution in [2.45, 2.75) is 33.9 Å². The minimum Gasteiger partial charge on any atom is -0.309 e. The Hall–Kier alpha value is -5.80. The smallest absolute Gasteiger partial charge is 0.309 e. The fraction of sp³-hybridized carbons (Fsp3) is 0.119. The maximum Gasteiger partial charge on any atom is 0.416 e. The summed E-state index contributed by atoms with van der Waals surface area (Å²) < 4.78 is 46.7. The molecular weight excluding hydrogens is 603 g/mol. The van der Waals surface area contributed by atoms with Crippen molar-refractivity contribution in [2.75, 3.05) is 0 Å². The van der Waals surface area contributed by atoms with Crippen LogP contribution in [0.4, 0.5) is 13.2 Å². The van der Waals surface area contributed by atoms with Gasteiger partial charge in [0.2, 0.25) is 0 Å². The second-order valence-corrected chi connectivity index (χ2v) is 12.8. The van der Waals surface area contributed by atoms with Crippen molar-refractivity contribution >= 4 is 43.6 Å². The Kier molecular flexibility index (Phi) is 6.54. The SMILES string of the molecule is Cc1ccc2c3ccc(C)cc3n(-c3cc(-c4cccc(C(F)(F)F)c4)c(-n4c5cc(C)ccc5c5ccc(C)cc54)cc3C#N)c2c1. The zero-order valence-electron chi connectivity index (χ0n) is 26.9. The van der Waals surface area contributed by atoms with Gasteiger partial charge in [-0.1, -0.05) is 60.7 Å². The molecule has 6 heteroatoms. The van der Waals surface area contributed by atoms with Crippen molar-refractivity contribution in [1.82, 2.24) is 9.13 Å². The van der Waals surface area contributed by atoms with Gasteiger partial charge < -0.3 is 9.13 Å². The van der Waals surface area contributed by atoms with Gasteiger partial charge in [-0.3, -0.25) is 0 Å². The molecule has 2 aromatic heterocycles. The number of benzene rings is 6. The van der Waals surface area contributed by atoms with Crippen LogP contribution in [-0.4, -0.2) is 9.13 Å². The molecule has 6 aromatic carbocycles. The van der Waals surface area contributed by atoms with E-state index in [9.17, 15) is 18.4 Å². The van der Waals surface area contributed by atoms with Crippen molar-refractivity contribution in [3.05, 3.63) is 143 Å². The molecular formula is C42H30F3N3.